The summed E-state index contributed by atoms with van der Waals surface area (Å²) in [6.45, 7) is 6.53. The molecule has 2 amide bonds. The molecule has 1 unspecified atom stereocenters. The maximum atomic E-state index is 12.8. The zero-order chi connectivity index (χ0) is 29.1. The van der Waals surface area contributed by atoms with Crippen LogP contribution < -0.4 is 15.0 Å². The number of methoxy groups -OCH3 is 1. The average molecular weight is 592 g/mol. The van der Waals surface area contributed by atoms with Crippen LogP contribution in [0.15, 0.2) is 47.5 Å². The van der Waals surface area contributed by atoms with Gasteiger partial charge in [0.1, 0.15) is 17.8 Å². The molecule has 12 heteroatoms. The minimum atomic E-state index is -0.754. The van der Waals surface area contributed by atoms with Crippen molar-refractivity contribution < 1.29 is 28.5 Å². The Kier molecular flexibility index (Phi) is 6.76. The van der Waals surface area contributed by atoms with E-state index in [0.29, 0.717) is 24.7 Å². The molecule has 5 heterocycles. The van der Waals surface area contributed by atoms with E-state index in [1.165, 1.54) is 11.8 Å². The number of fused-ring (bicyclic) bond motifs is 2. The molecule has 0 radical (unpaired) electrons. The van der Waals surface area contributed by atoms with Crippen molar-refractivity contribution in [3.63, 3.8) is 0 Å². The maximum absolute atomic E-state index is 12.8. The Morgan fingerprint density at radius 2 is 2.00 bits per heavy atom. The van der Waals surface area contributed by atoms with Gasteiger partial charge in [-0.2, -0.15) is 0 Å². The van der Waals surface area contributed by atoms with Crippen LogP contribution in [0.5, 0.6) is 5.88 Å². The molecule has 1 N–H and O–H groups in total. The normalized spacial score (nSPS) is 25.0. The molecule has 7 rings (SSSR count). The van der Waals surface area contributed by atoms with Gasteiger partial charge in [0.05, 0.1) is 42.3 Å². The van der Waals surface area contributed by atoms with E-state index in [1.54, 1.807) is 18.2 Å². The number of ether oxygens (including phenoxy) is 4. The first-order valence-corrected chi connectivity index (χ1v) is 15.2. The Balaban J connectivity index is 1.05. The Labute approximate surface area is 247 Å². The second kappa shape index (κ2) is 10.4. The summed E-state index contributed by atoms with van der Waals surface area (Å²) in [5.74, 6) is 0.0635. The standard InChI is InChI=1S/C30H33N5O6S/c1-29(2)40-27(20-5-4-6-21-26(20)33-25(38-3)14-31-21)30(41-29)9-11-34(12-10-30)15-19-16-35(28(37)39-19)18-7-8-23-22(13-18)32-24(36)17-42-23/h4-8,13-14,19,27H,9-12,15-17H2,1-3H3,(H,32,36)/t19-,27?/m1/s1. The van der Waals surface area contributed by atoms with Crippen LogP contribution in [-0.2, 0) is 19.0 Å². The quantitative estimate of drug-likeness (QED) is 0.459. The number of carbonyl (C=O) groups excluding carboxylic acids is 2. The van der Waals surface area contributed by atoms with Crippen molar-refractivity contribution in [2.24, 2.45) is 0 Å². The third-order valence-corrected chi connectivity index (χ3v) is 9.42. The highest BCUT2D eigenvalue weighted by molar-refractivity contribution is 8.00. The Morgan fingerprint density at radius 1 is 1.17 bits per heavy atom. The highest BCUT2D eigenvalue weighted by Gasteiger charge is 2.55. The molecule has 3 saturated heterocycles. The molecule has 2 aromatic carbocycles. The first kappa shape index (κ1) is 27.4. The van der Waals surface area contributed by atoms with Gasteiger partial charge in [-0.3, -0.25) is 14.6 Å². The average Bonchev–Trinajstić information content (AvgIpc) is 3.48. The van der Waals surface area contributed by atoms with Gasteiger partial charge < -0.3 is 24.3 Å². The third-order valence-electron chi connectivity index (χ3n) is 8.35. The van der Waals surface area contributed by atoms with Crippen molar-refractivity contribution in [1.82, 2.24) is 14.9 Å². The van der Waals surface area contributed by atoms with Gasteiger partial charge in [-0.15, -0.1) is 11.8 Å². The number of cyclic esters (lactones) is 1. The fourth-order valence-corrected chi connectivity index (χ4v) is 7.27. The fraction of sp³-hybridized carbons (Fsp3) is 0.467. The lowest BCUT2D eigenvalue weighted by molar-refractivity contribution is -0.171. The highest BCUT2D eigenvalue weighted by atomic mass is 32.2. The molecule has 42 heavy (non-hydrogen) atoms. The molecule has 0 aliphatic carbocycles. The van der Waals surface area contributed by atoms with Crippen molar-refractivity contribution >= 4 is 46.2 Å². The SMILES string of the molecule is COc1cnc2cccc(C3OC(C)(C)OC34CCN(C[C@@H]3CN(c5ccc6c(c5)NC(=O)CS6)C(=O)O3)CC4)c2n1. The van der Waals surface area contributed by atoms with E-state index >= 15 is 0 Å². The van der Waals surface area contributed by atoms with Gasteiger partial charge >= 0.3 is 6.09 Å². The number of nitrogens with one attached hydrogen (secondary N) is 1. The van der Waals surface area contributed by atoms with E-state index in [9.17, 15) is 9.59 Å². The smallest absolute Gasteiger partial charge is 0.414 e. The van der Waals surface area contributed by atoms with E-state index in [2.05, 4.69) is 15.2 Å². The third kappa shape index (κ3) is 4.96. The van der Waals surface area contributed by atoms with Gasteiger partial charge in [0, 0.05) is 35.8 Å². The molecular weight excluding hydrogens is 558 g/mol. The van der Waals surface area contributed by atoms with Crippen LogP contribution in [-0.4, -0.2) is 83.4 Å². The second-order valence-corrected chi connectivity index (χ2v) is 12.6. The van der Waals surface area contributed by atoms with Gasteiger partial charge in [0.15, 0.2) is 5.79 Å². The zero-order valence-electron chi connectivity index (χ0n) is 23.8. The molecule has 4 aliphatic rings. The van der Waals surface area contributed by atoms with Crippen LogP contribution in [0.1, 0.15) is 38.4 Å². The number of hydrogen-bond donors (Lipinski definition) is 1. The fourth-order valence-electron chi connectivity index (χ4n) is 6.49. The number of piperidine rings is 1. The molecular formula is C30H33N5O6S. The number of amides is 2. The zero-order valence-corrected chi connectivity index (χ0v) is 24.6. The van der Waals surface area contributed by atoms with E-state index in [-0.39, 0.29) is 24.2 Å². The van der Waals surface area contributed by atoms with E-state index < -0.39 is 11.4 Å². The second-order valence-electron chi connectivity index (χ2n) is 11.6. The number of likely N-dealkylation sites (tertiary alicyclic amines) is 1. The number of aromatic nitrogens is 2. The maximum Gasteiger partial charge on any atom is 0.414 e. The lowest BCUT2D eigenvalue weighted by Gasteiger charge is -2.41. The van der Waals surface area contributed by atoms with Gasteiger partial charge in [-0.25, -0.2) is 14.8 Å². The largest absolute Gasteiger partial charge is 0.480 e. The van der Waals surface area contributed by atoms with E-state index in [0.717, 1.165) is 58.8 Å². The highest BCUT2D eigenvalue weighted by Crippen LogP contribution is 2.52. The van der Waals surface area contributed by atoms with E-state index in [4.69, 9.17) is 23.9 Å². The first-order valence-electron chi connectivity index (χ1n) is 14.2. The van der Waals surface area contributed by atoms with Crippen molar-refractivity contribution in [3.05, 3.63) is 48.2 Å². The molecule has 4 aliphatic heterocycles. The summed E-state index contributed by atoms with van der Waals surface area (Å²) in [5.41, 5.74) is 3.41. The van der Waals surface area contributed by atoms with Crippen LogP contribution in [0.2, 0.25) is 0 Å². The van der Waals surface area contributed by atoms with Gasteiger partial charge in [-0.1, -0.05) is 12.1 Å². The number of benzene rings is 2. The summed E-state index contributed by atoms with van der Waals surface area (Å²) in [4.78, 5) is 38.9. The minimum absolute atomic E-state index is 0.0372. The molecule has 0 bridgehead atoms. The molecule has 3 aromatic rings. The van der Waals surface area contributed by atoms with Crippen LogP contribution >= 0.6 is 11.8 Å². The topological polar surface area (TPSA) is 115 Å². The van der Waals surface area contributed by atoms with Crippen molar-refractivity contribution in [3.8, 4) is 5.88 Å². The summed E-state index contributed by atoms with van der Waals surface area (Å²) in [6.07, 6.45) is 2.17. The number of anilines is 2. The minimum Gasteiger partial charge on any atom is -0.480 e. The number of para-hydroxylation sites is 1. The lowest BCUT2D eigenvalue weighted by Crippen LogP contribution is -2.49. The Morgan fingerprint density at radius 3 is 2.81 bits per heavy atom. The first-order chi connectivity index (χ1) is 20.2. The monoisotopic (exact) mass is 591 g/mol. The molecule has 1 aromatic heterocycles. The number of nitrogens with zero attached hydrogens (tertiary/aromatic N) is 4. The van der Waals surface area contributed by atoms with Crippen LogP contribution in [0.3, 0.4) is 0 Å². The van der Waals surface area contributed by atoms with Crippen molar-refractivity contribution in [2.45, 2.75) is 55.2 Å². The predicted molar refractivity (Wildman–Crippen MR) is 157 cm³/mol. The van der Waals surface area contributed by atoms with Gasteiger partial charge in [0.2, 0.25) is 11.8 Å². The van der Waals surface area contributed by atoms with Gasteiger partial charge in [-0.05, 0) is 51.0 Å². The Bertz CT molecular complexity index is 1560. The summed E-state index contributed by atoms with van der Waals surface area (Å²) in [5, 5.41) is 2.89. The summed E-state index contributed by atoms with van der Waals surface area (Å²) in [7, 11) is 1.58. The van der Waals surface area contributed by atoms with Crippen LogP contribution in [0, 0.1) is 0 Å². The molecule has 3 fully saturated rings. The predicted octanol–water partition coefficient (Wildman–Crippen LogP) is 4.37. The molecule has 0 saturated carbocycles. The van der Waals surface area contributed by atoms with Crippen molar-refractivity contribution in [1.29, 1.82) is 0 Å². The number of thioether (sulfide) groups is 1. The number of rotatable bonds is 5. The van der Waals surface area contributed by atoms with Crippen LogP contribution in [0.25, 0.3) is 11.0 Å². The summed E-state index contributed by atoms with van der Waals surface area (Å²) in [6, 6.07) is 11.7. The van der Waals surface area contributed by atoms with E-state index in [1.807, 2.05) is 50.2 Å². The number of hydrogen-bond acceptors (Lipinski definition) is 10. The molecule has 220 valence electrons. The van der Waals surface area contributed by atoms with Crippen LogP contribution in [0.4, 0.5) is 16.2 Å². The molecule has 2 atom stereocenters. The summed E-state index contributed by atoms with van der Waals surface area (Å²) < 4.78 is 24.3. The lowest BCUT2D eigenvalue weighted by atomic mass is 9.82. The van der Waals surface area contributed by atoms with Gasteiger partial charge in [0.25, 0.3) is 0 Å². The Hall–Kier alpha value is -3.45. The summed E-state index contributed by atoms with van der Waals surface area (Å²) >= 11 is 1.50. The molecule has 11 nitrogen and oxygen atoms in total. The molecule has 1 spiro atoms. The number of carbonyl (C=O) groups is 2. The van der Waals surface area contributed by atoms with Crippen molar-refractivity contribution in [2.75, 3.05) is 49.3 Å².